The first-order valence-electron chi connectivity index (χ1n) is 6.70. The number of hydrogen-bond donors (Lipinski definition) is 2. The van der Waals surface area contributed by atoms with Gasteiger partial charge < -0.3 is 9.84 Å². The number of aliphatic hydroxyl groups is 1. The van der Waals surface area contributed by atoms with E-state index in [0.717, 1.165) is 6.42 Å². The standard InChI is InChI=1S/C14H21NO5S/c1-3-4-13(16)9-15-21(18,19)10-11-5-7-12(8-6-11)14(17)20-2/h5-8,13,15-16H,3-4,9-10H2,1-2H3. The van der Waals surface area contributed by atoms with Crippen molar-refractivity contribution in [2.24, 2.45) is 0 Å². The molecule has 0 aromatic heterocycles. The average molecular weight is 315 g/mol. The quantitative estimate of drug-likeness (QED) is 0.700. The highest BCUT2D eigenvalue weighted by Crippen LogP contribution is 2.09. The third kappa shape index (κ3) is 6.24. The molecule has 0 aliphatic heterocycles. The van der Waals surface area contributed by atoms with Gasteiger partial charge in [-0.3, -0.25) is 0 Å². The molecule has 0 saturated carbocycles. The number of carbonyl (C=O) groups is 1. The van der Waals surface area contributed by atoms with Crippen LogP contribution in [0.2, 0.25) is 0 Å². The molecule has 0 bridgehead atoms. The molecular formula is C14H21NO5S. The summed E-state index contributed by atoms with van der Waals surface area (Å²) in [6, 6.07) is 6.16. The summed E-state index contributed by atoms with van der Waals surface area (Å²) < 4.78 is 30.7. The first kappa shape index (κ1) is 17.6. The van der Waals surface area contributed by atoms with E-state index in [2.05, 4.69) is 9.46 Å². The van der Waals surface area contributed by atoms with Gasteiger partial charge >= 0.3 is 5.97 Å². The van der Waals surface area contributed by atoms with E-state index in [9.17, 15) is 18.3 Å². The van der Waals surface area contributed by atoms with E-state index in [0.29, 0.717) is 17.5 Å². The van der Waals surface area contributed by atoms with E-state index in [-0.39, 0.29) is 12.3 Å². The summed E-state index contributed by atoms with van der Waals surface area (Å²) in [7, 11) is -2.23. The highest BCUT2D eigenvalue weighted by molar-refractivity contribution is 7.88. The summed E-state index contributed by atoms with van der Waals surface area (Å²) in [4.78, 5) is 11.3. The van der Waals surface area contributed by atoms with E-state index in [4.69, 9.17) is 0 Å². The van der Waals surface area contributed by atoms with Gasteiger partial charge in [-0.05, 0) is 24.1 Å². The molecule has 1 atom stereocenters. The number of sulfonamides is 1. The van der Waals surface area contributed by atoms with Crippen LogP contribution in [-0.4, -0.2) is 39.3 Å². The van der Waals surface area contributed by atoms with E-state index < -0.39 is 22.1 Å². The van der Waals surface area contributed by atoms with Crippen LogP contribution in [0, 0.1) is 0 Å². The lowest BCUT2D eigenvalue weighted by atomic mass is 10.1. The third-order valence-electron chi connectivity index (χ3n) is 2.89. The van der Waals surface area contributed by atoms with Gasteiger partial charge in [-0.15, -0.1) is 0 Å². The van der Waals surface area contributed by atoms with Crippen molar-refractivity contribution < 1.29 is 23.1 Å². The molecule has 6 nitrogen and oxygen atoms in total. The average Bonchev–Trinajstić information content (AvgIpc) is 2.45. The monoisotopic (exact) mass is 315 g/mol. The van der Waals surface area contributed by atoms with Crippen molar-refractivity contribution in [2.45, 2.75) is 31.6 Å². The van der Waals surface area contributed by atoms with Crippen LogP contribution >= 0.6 is 0 Å². The molecule has 7 heteroatoms. The maximum absolute atomic E-state index is 11.9. The maximum Gasteiger partial charge on any atom is 0.337 e. The lowest BCUT2D eigenvalue weighted by molar-refractivity contribution is 0.0600. The predicted molar refractivity (Wildman–Crippen MR) is 79.3 cm³/mol. The minimum absolute atomic E-state index is 0.0103. The molecule has 1 unspecified atom stereocenters. The molecular weight excluding hydrogens is 294 g/mol. The maximum atomic E-state index is 11.9. The third-order valence-corrected chi connectivity index (χ3v) is 4.21. The van der Waals surface area contributed by atoms with Gasteiger partial charge in [0.25, 0.3) is 0 Å². The number of ether oxygens (including phenoxy) is 1. The van der Waals surface area contributed by atoms with Crippen molar-refractivity contribution in [3.8, 4) is 0 Å². The van der Waals surface area contributed by atoms with Gasteiger partial charge in [0, 0.05) is 6.54 Å². The van der Waals surface area contributed by atoms with Crippen molar-refractivity contribution in [2.75, 3.05) is 13.7 Å². The smallest absolute Gasteiger partial charge is 0.337 e. The summed E-state index contributed by atoms with van der Waals surface area (Å²) in [5.74, 6) is -0.668. The molecule has 0 fully saturated rings. The summed E-state index contributed by atoms with van der Waals surface area (Å²) in [6.45, 7) is 1.93. The molecule has 0 spiro atoms. The van der Waals surface area contributed by atoms with Crippen LogP contribution in [0.15, 0.2) is 24.3 Å². The number of methoxy groups -OCH3 is 1. The zero-order valence-corrected chi connectivity index (χ0v) is 13.0. The van der Waals surface area contributed by atoms with Gasteiger partial charge in [0.2, 0.25) is 10.0 Å². The molecule has 2 N–H and O–H groups in total. The Hall–Kier alpha value is -1.44. The largest absolute Gasteiger partial charge is 0.465 e. The number of rotatable bonds is 8. The lowest BCUT2D eigenvalue weighted by Gasteiger charge is -2.11. The molecule has 1 aromatic carbocycles. The topological polar surface area (TPSA) is 92.7 Å². The Morgan fingerprint density at radius 2 is 1.95 bits per heavy atom. The Balaban J connectivity index is 2.61. The second-order valence-corrected chi connectivity index (χ2v) is 6.55. The molecule has 118 valence electrons. The molecule has 1 rings (SSSR count). The van der Waals surface area contributed by atoms with Gasteiger partial charge in [-0.25, -0.2) is 17.9 Å². The van der Waals surface area contributed by atoms with Crippen molar-refractivity contribution in [1.82, 2.24) is 4.72 Å². The van der Waals surface area contributed by atoms with Crippen LogP contribution in [0.4, 0.5) is 0 Å². The number of carbonyl (C=O) groups excluding carboxylic acids is 1. The first-order valence-corrected chi connectivity index (χ1v) is 8.36. The number of nitrogens with one attached hydrogen (secondary N) is 1. The summed E-state index contributed by atoms with van der Waals surface area (Å²) in [5, 5.41) is 9.52. The van der Waals surface area contributed by atoms with Crippen molar-refractivity contribution in [1.29, 1.82) is 0 Å². The Kier molecular flexibility index (Phi) is 6.80. The van der Waals surface area contributed by atoms with Gasteiger partial charge in [0.05, 0.1) is 24.5 Å². The van der Waals surface area contributed by atoms with Crippen molar-refractivity contribution in [3.63, 3.8) is 0 Å². The van der Waals surface area contributed by atoms with Crippen molar-refractivity contribution in [3.05, 3.63) is 35.4 Å². The Morgan fingerprint density at radius 3 is 2.48 bits per heavy atom. The second-order valence-electron chi connectivity index (χ2n) is 4.74. The zero-order valence-electron chi connectivity index (χ0n) is 12.2. The molecule has 0 aliphatic carbocycles. The van der Waals surface area contributed by atoms with E-state index in [1.54, 1.807) is 12.1 Å². The second kappa shape index (κ2) is 8.11. The first-order chi connectivity index (χ1) is 9.88. The number of esters is 1. The van der Waals surface area contributed by atoms with Crippen molar-refractivity contribution >= 4 is 16.0 Å². The molecule has 0 saturated heterocycles. The zero-order chi connectivity index (χ0) is 15.9. The van der Waals surface area contributed by atoms with Crippen LogP contribution in [-0.2, 0) is 20.5 Å². The molecule has 1 aromatic rings. The van der Waals surface area contributed by atoms with E-state index in [1.807, 2.05) is 6.92 Å². The van der Waals surface area contributed by atoms with Crippen LogP contribution in [0.3, 0.4) is 0 Å². The molecule has 0 heterocycles. The lowest BCUT2D eigenvalue weighted by Crippen LogP contribution is -2.32. The van der Waals surface area contributed by atoms with Crippen LogP contribution in [0.1, 0.15) is 35.7 Å². The summed E-state index contributed by atoms with van der Waals surface area (Å²) in [6.07, 6.45) is 0.667. The number of hydrogen-bond acceptors (Lipinski definition) is 5. The minimum atomic E-state index is -3.51. The normalized spacial score (nSPS) is 12.9. The van der Waals surface area contributed by atoms with Gasteiger partial charge in [-0.2, -0.15) is 0 Å². The Labute approximate surface area is 125 Å². The molecule has 21 heavy (non-hydrogen) atoms. The van der Waals surface area contributed by atoms with E-state index in [1.165, 1.54) is 19.2 Å². The molecule has 0 radical (unpaired) electrons. The highest BCUT2D eigenvalue weighted by atomic mass is 32.2. The van der Waals surface area contributed by atoms with Gasteiger partial charge in [0.15, 0.2) is 0 Å². The number of benzene rings is 1. The Bertz CT molecular complexity index is 553. The fourth-order valence-corrected chi connectivity index (χ4v) is 2.96. The molecule has 0 aliphatic rings. The summed E-state index contributed by atoms with van der Waals surface area (Å²) in [5.41, 5.74) is 0.921. The summed E-state index contributed by atoms with van der Waals surface area (Å²) >= 11 is 0. The predicted octanol–water partition coefficient (Wildman–Crippen LogP) is 1.05. The fraction of sp³-hybridized carbons (Fsp3) is 0.500. The number of aliphatic hydroxyl groups excluding tert-OH is 1. The SMILES string of the molecule is CCCC(O)CNS(=O)(=O)Cc1ccc(C(=O)OC)cc1. The van der Waals surface area contributed by atoms with Crippen LogP contribution < -0.4 is 4.72 Å². The Morgan fingerprint density at radius 1 is 1.33 bits per heavy atom. The minimum Gasteiger partial charge on any atom is -0.465 e. The molecule has 0 amide bonds. The van der Waals surface area contributed by atoms with E-state index >= 15 is 0 Å². The van der Waals surface area contributed by atoms with Gasteiger partial charge in [0.1, 0.15) is 0 Å². The van der Waals surface area contributed by atoms with Crippen LogP contribution in [0.25, 0.3) is 0 Å². The van der Waals surface area contributed by atoms with Crippen LogP contribution in [0.5, 0.6) is 0 Å². The highest BCUT2D eigenvalue weighted by Gasteiger charge is 2.14. The van der Waals surface area contributed by atoms with Gasteiger partial charge in [-0.1, -0.05) is 25.5 Å². The fourth-order valence-electron chi connectivity index (χ4n) is 1.78.